The second-order valence-corrected chi connectivity index (χ2v) is 6.47. The second kappa shape index (κ2) is 7.32. The summed E-state index contributed by atoms with van der Waals surface area (Å²) >= 11 is 0. The van der Waals surface area contributed by atoms with Gasteiger partial charge in [0.1, 0.15) is 6.61 Å². The number of hydrogen-bond acceptors (Lipinski definition) is 4. The molecule has 1 aromatic rings. The number of nitrogens with one attached hydrogen (secondary N) is 1. The molecule has 0 bridgehead atoms. The van der Waals surface area contributed by atoms with Gasteiger partial charge < -0.3 is 19.7 Å². The van der Waals surface area contributed by atoms with E-state index in [1.54, 1.807) is 11.9 Å². The second-order valence-electron chi connectivity index (χ2n) is 6.47. The molecule has 3 atom stereocenters. The van der Waals surface area contributed by atoms with Crippen LogP contribution in [0.2, 0.25) is 0 Å². The van der Waals surface area contributed by atoms with E-state index in [4.69, 9.17) is 9.47 Å². The number of carbonyl (C=O) groups is 2. The van der Waals surface area contributed by atoms with Gasteiger partial charge in [0.2, 0.25) is 5.91 Å². The number of likely N-dealkylation sites (N-methyl/N-ethyl adjacent to an activating group) is 1. The maximum atomic E-state index is 12.6. The lowest BCUT2D eigenvalue weighted by atomic mass is 9.96. The molecule has 6 nitrogen and oxygen atoms in total. The van der Waals surface area contributed by atoms with Crippen molar-refractivity contribution in [2.75, 3.05) is 26.8 Å². The number of carbonyl (C=O) groups excluding carboxylic acids is 2. The van der Waals surface area contributed by atoms with E-state index >= 15 is 0 Å². The van der Waals surface area contributed by atoms with Crippen molar-refractivity contribution in [3.8, 4) is 0 Å². The molecule has 2 amide bonds. The summed E-state index contributed by atoms with van der Waals surface area (Å²) in [6.45, 7) is 3.17. The highest BCUT2D eigenvalue weighted by atomic mass is 16.5. The van der Waals surface area contributed by atoms with E-state index in [-0.39, 0.29) is 24.5 Å². The van der Waals surface area contributed by atoms with Crippen LogP contribution in [-0.2, 0) is 19.1 Å². The fourth-order valence-corrected chi connectivity index (χ4v) is 3.21. The standard InChI is InChI=1S/C18H24N2O4/c1-12-5-7-13(8-6-12)16-17(24-11-15(21)20(16)2)18(22)19-10-14-4-3-9-23-14/h5-8,14,16-17H,3-4,9-11H2,1-2H3,(H,19,22)/t14-,16+,17-/m0/s1. The summed E-state index contributed by atoms with van der Waals surface area (Å²) in [5.41, 5.74) is 2.03. The molecule has 2 aliphatic rings. The van der Waals surface area contributed by atoms with Gasteiger partial charge in [-0.25, -0.2) is 0 Å². The van der Waals surface area contributed by atoms with Crippen molar-refractivity contribution in [1.82, 2.24) is 10.2 Å². The molecule has 0 saturated carbocycles. The van der Waals surface area contributed by atoms with Gasteiger partial charge in [-0.15, -0.1) is 0 Å². The van der Waals surface area contributed by atoms with Gasteiger partial charge in [-0.3, -0.25) is 9.59 Å². The monoisotopic (exact) mass is 332 g/mol. The summed E-state index contributed by atoms with van der Waals surface area (Å²) in [6, 6.07) is 7.42. The molecule has 1 aromatic carbocycles. The highest BCUT2D eigenvalue weighted by Gasteiger charge is 2.40. The smallest absolute Gasteiger partial charge is 0.251 e. The first kappa shape index (κ1) is 16.9. The zero-order valence-corrected chi connectivity index (χ0v) is 14.2. The van der Waals surface area contributed by atoms with Crippen molar-refractivity contribution in [3.05, 3.63) is 35.4 Å². The molecule has 2 aliphatic heterocycles. The molecule has 24 heavy (non-hydrogen) atoms. The average Bonchev–Trinajstić information content (AvgIpc) is 3.09. The van der Waals surface area contributed by atoms with Crippen LogP contribution in [0.4, 0.5) is 0 Å². The molecule has 2 heterocycles. The molecule has 3 rings (SSSR count). The molecular formula is C18H24N2O4. The Bertz CT molecular complexity index is 596. The lowest BCUT2D eigenvalue weighted by Gasteiger charge is -2.38. The third-order valence-electron chi connectivity index (χ3n) is 4.69. The predicted molar refractivity (Wildman–Crippen MR) is 88.4 cm³/mol. The van der Waals surface area contributed by atoms with Crippen molar-refractivity contribution >= 4 is 11.8 Å². The van der Waals surface area contributed by atoms with Crippen molar-refractivity contribution in [3.63, 3.8) is 0 Å². The molecule has 0 unspecified atom stereocenters. The SMILES string of the molecule is Cc1ccc([C@@H]2[C@@H](C(=O)NC[C@@H]3CCCO3)OCC(=O)N2C)cc1. The molecule has 2 saturated heterocycles. The van der Waals surface area contributed by atoms with Gasteiger partial charge in [-0.1, -0.05) is 29.8 Å². The van der Waals surface area contributed by atoms with E-state index in [1.807, 2.05) is 31.2 Å². The van der Waals surface area contributed by atoms with Crippen LogP contribution in [0.15, 0.2) is 24.3 Å². The highest BCUT2D eigenvalue weighted by molar-refractivity contribution is 5.86. The molecular weight excluding hydrogens is 308 g/mol. The van der Waals surface area contributed by atoms with Crippen LogP contribution in [0.5, 0.6) is 0 Å². The van der Waals surface area contributed by atoms with Crippen LogP contribution < -0.4 is 5.32 Å². The first-order valence-electron chi connectivity index (χ1n) is 8.39. The molecule has 0 aromatic heterocycles. The lowest BCUT2D eigenvalue weighted by molar-refractivity contribution is -0.162. The molecule has 1 N–H and O–H groups in total. The Morgan fingerprint density at radius 1 is 1.29 bits per heavy atom. The summed E-state index contributed by atoms with van der Waals surface area (Å²) in [7, 11) is 1.72. The Labute approximate surface area is 142 Å². The summed E-state index contributed by atoms with van der Waals surface area (Å²) in [4.78, 5) is 26.3. The maximum Gasteiger partial charge on any atom is 0.251 e. The Hall–Kier alpha value is -1.92. The number of benzene rings is 1. The molecule has 6 heteroatoms. The normalized spacial score (nSPS) is 27.3. The average molecular weight is 332 g/mol. The lowest BCUT2D eigenvalue weighted by Crippen LogP contribution is -2.53. The van der Waals surface area contributed by atoms with E-state index < -0.39 is 12.1 Å². The summed E-state index contributed by atoms with van der Waals surface area (Å²) in [6.07, 6.45) is 1.36. The topological polar surface area (TPSA) is 67.9 Å². The molecule has 0 radical (unpaired) electrons. The Balaban J connectivity index is 1.74. The Morgan fingerprint density at radius 2 is 2.04 bits per heavy atom. The van der Waals surface area contributed by atoms with Crippen LogP contribution in [0.3, 0.4) is 0 Å². The molecule has 0 spiro atoms. The highest BCUT2D eigenvalue weighted by Crippen LogP contribution is 2.29. The first-order chi connectivity index (χ1) is 11.6. The van der Waals surface area contributed by atoms with Crippen LogP contribution in [0.25, 0.3) is 0 Å². The van der Waals surface area contributed by atoms with Gasteiger partial charge >= 0.3 is 0 Å². The fraction of sp³-hybridized carbons (Fsp3) is 0.556. The van der Waals surface area contributed by atoms with Crippen molar-refractivity contribution in [1.29, 1.82) is 0 Å². The van der Waals surface area contributed by atoms with E-state index in [2.05, 4.69) is 5.32 Å². The maximum absolute atomic E-state index is 12.6. The van der Waals surface area contributed by atoms with Crippen molar-refractivity contribution in [2.24, 2.45) is 0 Å². The van der Waals surface area contributed by atoms with E-state index in [1.165, 1.54) is 0 Å². The third-order valence-corrected chi connectivity index (χ3v) is 4.69. The minimum absolute atomic E-state index is 0.0725. The molecule has 2 fully saturated rings. The molecule has 130 valence electrons. The number of rotatable bonds is 4. The summed E-state index contributed by atoms with van der Waals surface area (Å²) in [5, 5.41) is 2.91. The van der Waals surface area contributed by atoms with Crippen molar-refractivity contribution in [2.45, 2.75) is 38.0 Å². The van der Waals surface area contributed by atoms with E-state index in [9.17, 15) is 9.59 Å². The number of ether oxygens (including phenoxy) is 2. The zero-order valence-electron chi connectivity index (χ0n) is 14.2. The van der Waals surface area contributed by atoms with Gasteiger partial charge in [0.15, 0.2) is 6.10 Å². The Morgan fingerprint density at radius 3 is 2.71 bits per heavy atom. The van der Waals surface area contributed by atoms with E-state index in [0.717, 1.165) is 30.6 Å². The van der Waals surface area contributed by atoms with Crippen LogP contribution >= 0.6 is 0 Å². The number of aryl methyl sites for hydroxylation is 1. The first-order valence-corrected chi connectivity index (χ1v) is 8.39. The van der Waals surface area contributed by atoms with Crippen molar-refractivity contribution < 1.29 is 19.1 Å². The Kier molecular flexibility index (Phi) is 5.16. The number of nitrogens with zero attached hydrogens (tertiary/aromatic N) is 1. The van der Waals surface area contributed by atoms with Gasteiger partial charge in [0.25, 0.3) is 5.91 Å². The largest absolute Gasteiger partial charge is 0.376 e. The summed E-state index contributed by atoms with van der Waals surface area (Å²) in [5.74, 6) is -0.320. The quantitative estimate of drug-likeness (QED) is 0.899. The third kappa shape index (κ3) is 3.60. The van der Waals surface area contributed by atoms with Crippen LogP contribution in [-0.4, -0.2) is 55.7 Å². The number of hydrogen-bond donors (Lipinski definition) is 1. The van der Waals surface area contributed by atoms with Crippen LogP contribution in [0.1, 0.15) is 30.0 Å². The van der Waals surface area contributed by atoms with Gasteiger partial charge in [0.05, 0.1) is 12.1 Å². The molecule has 0 aliphatic carbocycles. The van der Waals surface area contributed by atoms with Crippen LogP contribution in [0, 0.1) is 6.92 Å². The minimum Gasteiger partial charge on any atom is -0.376 e. The fourth-order valence-electron chi connectivity index (χ4n) is 3.21. The van der Waals surface area contributed by atoms with Gasteiger partial charge in [-0.2, -0.15) is 0 Å². The van der Waals surface area contributed by atoms with E-state index in [0.29, 0.717) is 6.54 Å². The number of morpholine rings is 1. The minimum atomic E-state index is -0.711. The zero-order chi connectivity index (χ0) is 17.1. The predicted octanol–water partition coefficient (Wildman–Crippen LogP) is 1.19. The van der Waals surface area contributed by atoms with Gasteiger partial charge in [-0.05, 0) is 25.3 Å². The summed E-state index contributed by atoms with van der Waals surface area (Å²) < 4.78 is 11.1. The van der Waals surface area contributed by atoms with Gasteiger partial charge in [0, 0.05) is 20.2 Å². The number of amides is 2.